The summed E-state index contributed by atoms with van der Waals surface area (Å²) in [6, 6.07) is 7.72. The standard InChI is InChI=1S/C23H31F3N4O4S/c1-4-22(2,20(32)33)35-17-11-7-10-16(15-17)9-5-6-13-27-18-19(31)30(21(34)29(3)28-18)14-8-12-23(24,25)26/h7,10-11,15H,4-6,8-9,12-14H2,1-3H3,(H,27,28)(H,32,33). The van der Waals surface area contributed by atoms with Gasteiger partial charge in [0.15, 0.2) is 0 Å². The summed E-state index contributed by atoms with van der Waals surface area (Å²) in [4.78, 5) is 37.1. The Bertz CT molecular complexity index is 1130. The Kier molecular flexibility index (Phi) is 9.99. The average Bonchev–Trinajstić information content (AvgIpc) is 2.78. The van der Waals surface area contributed by atoms with Crippen LogP contribution in [0.5, 0.6) is 0 Å². The molecule has 2 N–H and O–H groups in total. The fourth-order valence-electron chi connectivity index (χ4n) is 3.32. The molecule has 0 radical (unpaired) electrons. The van der Waals surface area contributed by atoms with Crippen molar-refractivity contribution in [2.24, 2.45) is 7.05 Å². The van der Waals surface area contributed by atoms with Crippen molar-refractivity contribution in [3.63, 3.8) is 0 Å². The number of carboxylic acid groups (broad SMARTS) is 1. The topological polar surface area (TPSA) is 106 Å². The number of hydrogen-bond acceptors (Lipinski definition) is 6. The molecular weight excluding hydrogens is 485 g/mol. The Morgan fingerprint density at radius 2 is 1.91 bits per heavy atom. The van der Waals surface area contributed by atoms with Crippen LogP contribution in [0.15, 0.2) is 38.8 Å². The molecule has 0 aliphatic rings. The second-order valence-electron chi connectivity index (χ2n) is 8.45. The van der Waals surface area contributed by atoms with Crippen LogP contribution in [0.25, 0.3) is 0 Å². The number of aromatic nitrogens is 3. The minimum atomic E-state index is -4.35. The predicted molar refractivity (Wildman–Crippen MR) is 129 cm³/mol. The van der Waals surface area contributed by atoms with E-state index in [0.29, 0.717) is 19.4 Å². The third kappa shape index (κ3) is 8.44. The summed E-state index contributed by atoms with van der Waals surface area (Å²) in [5.41, 5.74) is -0.439. The molecule has 0 aliphatic carbocycles. The molecule has 1 atom stereocenters. The van der Waals surface area contributed by atoms with Gasteiger partial charge in [-0.2, -0.15) is 13.2 Å². The van der Waals surface area contributed by atoms with Crippen molar-refractivity contribution >= 4 is 23.5 Å². The maximum atomic E-state index is 12.5. The van der Waals surface area contributed by atoms with E-state index in [1.807, 2.05) is 31.2 Å². The van der Waals surface area contributed by atoms with Gasteiger partial charge >= 0.3 is 17.8 Å². The van der Waals surface area contributed by atoms with Crippen molar-refractivity contribution in [3.8, 4) is 0 Å². The van der Waals surface area contributed by atoms with Crippen molar-refractivity contribution in [1.82, 2.24) is 14.3 Å². The molecule has 2 aromatic rings. The van der Waals surface area contributed by atoms with Gasteiger partial charge < -0.3 is 10.4 Å². The monoisotopic (exact) mass is 516 g/mol. The summed E-state index contributed by atoms with van der Waals surface area (Å²) in [6.45, 7) is 3.60. The molecule has 0 aliphatic heterocycles. The number of unbranched alkanes of at least 4 members (excludes halogenated alkanes) is 1. The molecule has 1 aromatic carbocycles. The van der Waals surface area contributed by atoms with Crippen LogP contribution in [0, 0.1) is 0 Å². The number of carboxylic acids is 1. The molecule has 0 fully saturated rings. The van der Waals surface area contributed by atoms with Crippen molar-refractivity contribution in [2.75, 3.05) is 11.9 Å². The summed E-state index contributed by atoms with van der Waals surface area (Å²) in [5.74, 6) is -0.932. The van der Waals surface area contributed by atoms with Crippen LogP contribution in [0.2, 0.25) is 0 Å². The lowest BCUT2D eigenvalue weighted by atomic mass is 10.1. The predicted octanol–water partition coefficient (Wildman–Crippen LogP) is 4.06. The zero-order valence-electron chi connectivity index (χ0n) is 20.0. The van der Waals surface area contributed by atoms with Crippen molar-refractivity contribution < 1.29 is 23.1 Å². The summed E-state index contributed by atoms with van der Waals surface area (Å²) < 4.78 is 38.0. The van der Waals surface area contributed by atoms with Crippen molar-refractivity contribution in [1.29, 1.82) is 0 Å². The summed E-state index contributed by atoms with van der Waals surface area (Å²) in [5, 5.41) is 16.3. The second-order valence-corrected chi connectivity index (χ2v) is 10.0. The molecular formula is C23H31F3N4O4S. The first kappa shape index (κ1) is 28.5. The molecule has 12 heteroatoms. The third-order valence-corrected chi connectivity index (χ3v) is 7.00. The van der Waals surface area contributed by atoms with Crippen molar-refractivity contribution in [3.05, 3.63) is 50.7 Å². The number of nitrogens with one attached hydrogen (secondary N) is 1. The molecule has 2 rings (SSSR count). The number of thioether (sulfide) groups is 1. The van der Waals surface area contributed by atoms with Crippen LogP contribution in [0.1, 0.15) is 51.5 Å². The number of halogens is 3. The lowest BCUT2D eigenvalue weighted by Gasteiger charge is -2.22. The molecule has 0 spiro atoms. The first-order valence-electron chi connectivity index (χ1n) is 11.4. The zero-order valence-corrected chi connectivity index (χ0v) is 20.8. The Balaban J connectivity index is 1.92. The first-order valence-corrected chi connectivity index (χ1v) is 12.2. The molecule has 1 aromatic heterocycles. The van der Waals surface area contributed by atoms with E-state index in [1.165, 1.54) is 18.8 Å². The van der Waals surface area contributed by atoms with Gasteiger partial charge in [0.25, 0.3) is 5.56 Å². The van der Waals surface area contributed by atoms with Crippen LogP contribution >= 0.6 is 11.8 Å². The third-order valence-electron chi connectivity index (χ3n) is 5.60. The van der Waals surface area contributed by atoms with Gasteiger partial charge in [-0.3, -0.25) is 14.2 Å². The smallest absolute Gasteiger partial charge is 0.389 e. The number of anilines is 1. The van der Waals surface area contributed by atoms with Crippen molar-refractivity contribution in [2.45, 2.75) is 74.7 Å². The summed E-state index contributed by atoms with van der Waals surface area (Å²) >= 11 is 1.32. The lowest BCUT2D eigenvalue weighted by molar-refractivity contribution is -0.139. The van der Waals surface area contributed by atoms with E-state index in [4.69, 9.17) is 0 Å². The van der Waals surface area contributed by atoms with Crippen LogP contribution in [0.4, 0.5) is 19.0 Å². The van der Waals surface area contributed by atoms with Gasteiger partial charge in [-0.15, -0.1) is 16.9 Å². The highest BCUT2D eigenvalue weighted by molar-refractivity contribution is 8.01. The van der Waals surface area contributed by atoms with Gasteiger partial charge in [0, 0.05) is 31.5 Å². The Hall–Kier alpha value is -2.76. The van der Waals surface area contributed by atoms with Gasteiger partial charge in [0.1, 0.15) is 4.75 Å². The van der Waals surface area contributed by atoms with Gasteiger partial charge in [-0.25, -0.2) is 9.48 Å². The van der Waals surface area contributed by atoms with E-state index >= 15 is 0 Å². The molecule has 8 nitrogen and oxygen atoms in total. The molecule has 0 amide bonds. The Labute approximate surface area is 205 Å². The molecule has 1 heterocycles. The normalized spacial score (nSPS) is 13.4. The Morgan fingerprint density at radius 1 is 1.20 bits per heavy atom. The minimum Gasteiger partial charge on any atom is -0.480 e. The van der Waals surface area contributed by atoms with Gasteiger partial charge in [-0.05, 0) is 56.7 Å². The maximum absolute atomic E-state index is 12.5. The van der Waals surface area contributed by atoms with Crippen LogP contribution in [-0.4, -0.2) is 42.9 Å². The molecule has 0 saturated carbocycles. The summed E-state index contributed by atoms with van der Waals surface area (Å²) in [7, 11) is 1.34. The lowest BCUT2D eigenvalue weighted by Crippen LogP contribution is -2.42. The fraction of sp³-hybridized carbons (Fsp3) is 0.565. The van der Waals surface area contributed by atoms with E-state index in [0.717, 1.165) is 32.5 Å². The van der Waals surface area contributed by atoms with E-state index in [9.17, 15) is 32.7 Å². The molecule has 0 bridgehead atoms. The SMILES string of the molecule is CCC(C)(Sc1cccc(CCCCNc2nn(C)c(=O)n(CCCC(F)(F)F)c2=O)c1)C(=O)O. The number of aliphatic carboxylic acids is 1. The van der Waals surface area contributed by atoms with Crippen LogP contribution in [-0.2, 0) is 24.8 Å². The van der Waals surface area contributed by atoms with E-state index < -0.39 is 34.6 Å². The zero-order chi connectivity index (χ0) is 26.2. The van der Waals surface area contributed by atoms with E-state index in [1.54, 1.807) is 6.92 Å². The number of aryl methyl sites for hydroxylation is 2. The molecule has 194 valence electrons. The first-order chi connectivity index (χ1) is 16.4. The van der Waals surface area contributed by atoms with Gasteiger partial charge in [-0.1, -0.05) is 19.1 Å². The average molecular weight is 517 g/mol. The number of rotatable bonds is 13. The fourth-order valence-corrected chi connectivity index (χ4v) is 4.43. The summed E-state index contributed by atoms with van der Waals surface area (Å²) in [6.07, 6.45) is -3.12. The minimum absolute atomic E-state index is 0.0787. The highest BCUT2D eigenvalue weighted by atomic mass is 32.2. The molecule has 35 heavy (non-hydrogen) atoms. The van der Waals surface area contributed by atoms with Crippen LogP contribution < -0.4 is 16.6 Å². The number of nitrogens with zero attached hydrogens (tertiary/aromatic N) is 3. The van der Waals surface area contributed by atoms with E-state index in [2.05, 4.69) is 10.4 Å². The second kappa shape index (κ2) is 12.3. The quantitative estimate of drug-likeness (QED) is 0.305. The highest BCUT2D eigenvalue weighted by Gasteiger charge is 2.32. The van der Waals surface area contributed by atoms with Gasteiger partial charge in [0.2, 0.25) is 5.82 Å². The number of benzene rings is 1. The van der Waals surface area contributed by atoms with Gasteiger partial charge in [0.05, 0.1) is 0 Å². The number of carbonyl (C=O) groups is 1. The molecule has 1 unspecified atom stereocenters. The largest absolute Gasteiger partial charge is 0.480 e. The maximum Gasteiger partial charge on any atom is 0.389 e. The van der Waals surface area contributed by atoms with Crippen LogP contribution in [0.3, 0.4) is 0 Å². The number of alkyl halides is 3. The highest BCUT2D eigenvalue weighted by Crippen LogP contribution is 2.36. The molecule has 0 saturated heterocycles. The number of hydrogen-bond donors (Lipinski definition) is 2. The van der Waals surface area contributed by atoms with E-state index in [-0.39, 0.29) is 18.8 Å². The Morgan fingerprint density at radius 3 is 2.54 bits per heavy atom.